The Morgan fingerprint density at radius 2 is 2.07 bits per heavy atom. The predicted molar refractivity (Wildman–Crippen MR) is 48.4 cm³/mol. The van der Waals surface area contributed by atoms with Crippen LogP contribution in [-0.4, -0.2) is 13.5 Å². The molecule has 0 heterocycles. The summed E-state index contributed by atoms with van der Waals surface area (Å²) >= 11 is 0. The van der Waals surface area contributed by atoms with Crippen molar-refractivity contribution in [3.05, 3.63) is 29.1 Å². The number of hydrogen-bond acceptors (Lipinski definition) is 3. The molecule has 0 unspecified atom stereocenters. The van der Waals surface area contributed by atoms with E-state index in [0.29, 0.717) is 0 Å². The van der Waals surface area contributed by atoms with E-state index in [1.807, 2.05) is 0 Å². The predicted octanol–water partition coefficient (Wildman–Crippen LogP) is 0.274. The first-order chi connectivity index (χ1) is 6.36. The maximum atomic E-state index is 13.2. The molecule has 0 saturated carbocycles. The van der Waals surface area contributed by atoms with Crippen molar-refractivity contribution in [2.24, 2.45) is 5.14 Å². The van der Waals surface area contributed by atoms with Gasteiger partial charge < -0.3 is 5.11 Å². The summed E-state index contributed by atoms with van der Waals surface area (Å²) in [5.41, 5.74) is 0.0644. The third-order valence-corrected chi connectivity index (χ3v) is 2.70. The highest BCUT2D eigenvalue weighted by molar-refractivity contribution is 7.89. The Balaban J connectivity index is 3.46. The summed E-state index contributed by atoms with van der Waals surface area (Å²) in [6, 6.07) is 2.15. The smallest absolute Gasteiger partial charge is 0.238 e. The SMILES string of the molecule is Cc1cc(S(N)(=O)=O)cc(CO)c1F. The number of sulfonamides is 1. The lowest BCUT2D eigenvalue weighted by molar-refractivity contribution is 0.275. The zero-order valence-electron chi connectivity index (χ0n) is 7.49. The number of aliphatic hydroxyl groups excluding tert-OH is 1. The van der Waals surface area contributed by atoms with Crippen molar-refractivity contribution in [1.82, 2.24) is 0 Å². The maximum absolute atomic E-state index is 13.2. The zero-order chi connectivity index (χ0) is 10.9. The molecule has 0 amide bonds. The van der Waals surface area contributed by atoms with E-state index in [0.717, 1.165) is 12.1 Å². The zero-order valence-corrected chi connectivity index (χ0v) is 8.31. The molecule has 0 saturated heterocycles. The van der Waals surface area contributed by atoms with Crippen molar-refractivity contribution in [3.63, 3.8) is 0 Å². The fourth-order valence-corrected chi connectivity index (χ4v) is 1.73. The van der Waals surface area contributed by atoms with Gasteiger partial charge in [0.05, 0.1) is 11.5 Å². The molecule has 0 bridgehead atoms. The number of aliphatic hydroxyl groups is 1. The van der Waals surface area contributed by atoms with Crippen LogP contribution in [0.4, 0.5) is 4.39 Å². The van der Waals surface area contributed by atoms with E-state index in [9.17, 15) is 12.8 Å². The number of hydrogen-bond donors (Lipinski definition) is 2. The second-order valence-corrected chi connectivity index (χ2v) is 4.48. The molecule has 0 atom stereocenters. The average molecular weight is 219 g/mol. The minimum Gasteiger partial charge on any atom is -0.392 e. The van der Waals surface area contributed by atoms with E-state index in [1.165, 1.54) is 6.92 Å². The second-order valence-electron chi connectivity index (χ2n) is 2.92. The summed E-state index contributed by atoms with van der Waals surface area (Å²) in [5, 5.41) is 13.6. The van der Waals surface area contributed by atoms with Gasteiger partial charge in [-0.05, 0) is 24.6 Å². The van der Waals surface area contributed by atoms with Crippen molar-refractivity contribution in [2.45, 2.75) is 18.4 Å². The first kappa shape index (κ1) is 11.1. The lowest BCUT2D eigenvalue weighted by atomic mass is 10.1. The van der Waals surface area contributed by atoms with Crippen LogP contribution in [0, 0.1) is 12.7 Å². The van der Waals surface area contributed by atoms with Gasteiger partial charge in [-0.15, -0.1) is 0 Å². The number of primary sulfonamides is 1. The fraction of sp³-hybridized carbons (Fsp3) is 0.250. The number of halogens is 1. The number of nitrogens with two attached hydrogens (primary N) is 1. The Hall–Kier alpha value is -0.980. The van der Waals surface area contributed by atoms with Crippen LogP contribution in [-0.2, 0) is 16.6 Å². The van der Waals surface area contributed by atoms with Crippen LogP contribution in [0.1, 0.15) is 11.1 Å². The monoisotopic (exact) mass is 219 g/mol. The molecule has 0 aromatic heterocycles. The minimum absolute atomic E-state index is 0.0750. The molecule has 0 radical (unpaired) electrons. The molecule has 1 rings (SSSR count). The molecule has 1 aromatic carbocycles. The molecule has 4 nitrogen and oxygen atoms in total. The van der Waals surface area contributed by atoms with E-state index < -0.39 is 22.4 Å². The van der Waals surface area contributed by atoms with Crippen molar-refractivity contribution >= 4 is 10.0 Å². The molecule has 0 fully saturated rings. The second kappa shape index (κ2) is 3.64. The van der Waals surface area contributed by atoms with E-state index in [-0.39, 0.29) is 16.0 Å². The molecular formula is C8H10FNO3S. The summed E-state index contributed by atoms with van der Waals surface area (Å²) in [4.78, 5) is -0.194. The van der Waals surface area contributed by atoms with Gasteiger partial charge >= 0.3 is 0 Å². The van der Waals surface area contributed by atoms with E-state index in [2.05, 4.69) is 0 Å². The quantitative estimate of drug-likeness (QED) is 0.749. The van der Waals surface area contributed by atoms with Crippen molar-refractivity contribution in [2.75, 3.05) is 0 Å². The van der Waals surface area contributed by atoms with Crippen LogP contribution in [0.5, 0.6) is 0 Å². The van der Waals surface area contributed by atoms with Crippen molar-refractivity contribution in [1.29, 1.82) is 0 Å². The summed E-state index contributed by atoms with van der Waals surface area (Å²) in [7, 11) is -3.85. The Morgan fingerprint density at radius 3 is 2.50 bits per heavy atom. The average Bonchev–Trinajstić information content (AvgIpc) is 2.07. The normalized spacial score (nSPS) is 11.7. The fourth-order valence-electron chi connectivity index (χ4n) is 1.09. The van der Waals surface area contributed by atoms with Crippen LogP contribution < -0.4 is 5.14 Å². The Morgan fingerprint density at radius 1 is 1.50 bits per heavy atom. The van der Waals surface area contributed by atoms with Crippen LogP contribution in [0.3, 0.4) is 0 Å². The highest BCUT2D eigenvalue weighted by Gasteiger charge is 2.13. The number of benzene rings is 1. The van der Waals surface area contributed by atoms with Gasteiger partial charge in [0.1, 0.15) is 5.82 Å². The highest BCUT2D eigenvalue weighted by Crippen LogP contribution is 2.18. The standard InChI is InChI=1S/C8H10FNO3S/c1-5-2-7(14(10,12)13)3-6(4-11)8(5)9/h2-3,11H,4H2,1H3,(H2,10,12,13). The van der Waals surface area contributed by atoms with E-state index >= 15 is 0 Å². The first-order valence-corrected chi connectivity index (χ1v) is 5.33. The molecule has 6 heteroatoms. The van der Waals surface area contributed by atoms with Gasteiger partial charge in [-0.2, -0.15) is 0 Å². The van der Waals surface area contributed by atoms with Gasteiger partial charge in [-0.3, -0.25) is 0 Å². The van der Waals surface area contributed by atoms with Crippen molar-refractivity contribution in [3.8, 4) is 0 Å². The molecular weight excluding hydrogens is 209 g/mol. The maximum Gasteiger partial charge on any atom is 0.238 e. The summed E-state index contributed by atoms with van der Waals surface area (Å²) in [6.07, 6.45) is 0. The van der Waals surface area contributed by atoms with Gasteiger partial charge in [-0.25, -0.2) is 17.9 Å². The molecule has 3 N–H and O–H groups in total. The Kier molecular flexibility index (Phi) is 2.89. The summed E-state index contributed by atoms with van der Waals surface area (Å²) in [5.74, 6) is -0.611. The van der Waals surface area contributed by atoms with Crippen LogP contribution >= 0.6 is 0 Å². The van der Waals surface area contributed by atoms with Gasteiger partial charge in [0.25, 0.3) is 0 Å². The van der Waals surface area contributed by atoms with Gasteiger partial charge in [0.2, 0.25) is 10.0 Å². The van der Waals surface area contributed by atoms with Gasteiger partial charge in [0.15, 0.2) is 0 Å². The molecule has 0 aliphatic rings. The van der Waals surface area contributed by atoms with Crippen LogP contribution in [0.2, 0.25) is 0 Å². The molecule has 78 valence electrons. The van der Waals surface area contributed by atoms with Crippen molar-refractivity contribution < 1.29 is 17.9 Å². The molecule has 14 heavy (non-hydrogen) atoms. The minimum atomic E-state index is -3.85. The van der Waals surface area contributed by atoms with Gasteiger partial charge in [-0.1, -0.05) is 0 Å². The van der Waals surface area contributed by atoms with Crippen LogP contribution in [0.15, 0.2) is 17.0 Å². The Bertz CT molecular complexity index is 456. The largest absolute Gasteiger partial charge is 0.392 e. The summed E-state index contributed by atoms with van der Waals surface area (Å²) < 4.78 is 35.1. The Labute approximate surface area is 81.2 Å². The topological polar surface area (TPSA) is 80.4 Å². The third-order valence-electron chi connectivity index (χ3n) is 1.80. The number of aryl methyl sites for hydroxylation is 1. The lowest BCUT2D eigenvalue weighted by Gasteiger charge is -2.05. The van der Waals surface area contributed by atoms with E-state index in [1.54, 1.807) is 0 Å². The lowest BCUT2D eigenvalue weighted by Crippen LogP contribution is -2.13. The molecule has 0 aliphatic heterocycles. The highest BCUT2D eigenvalue weighted by atomic mass is 32.2. The third kappa shape index (κ3) is 2.09. The number of rotatable bonds is 2. The van der Waals surface area contributed by atoms with Crippen LogP contribution in [0.25, 0.3) is 0 Å². The van der Waals surface area contributed by atoms with E-state index in [4.69, 9.17) is 10.2 Å². The summed E-state index contributed by atoms with van der Waals surface area (Å²) in [6.45, 7) is 0.846. The first-order valence-electron chi connectivity index (χ1n) is 3.79. The molecule has 0 spiro atoms. The molecule has 1 aromatic rings. The molecule has 0 aliphatic carbocycles. The van der Waals surface area contributed by atoms with Gasteiger partial charge in [0, 0.05) is 5.56 Å².